The third-order valence-corrected chi connectivity index (χ3v) is 4.08. The molecule has 6 nitrogen and oxygen atoms in total. The van der Waals surface area contributed by atoms with Crippen LogP contribution in [0.25, 0.3) is 11.3 Å². The Morgan fingerprint density at radius 2 is 1.89 bits per heavy atom. The van der Waals surface area contributed by atoms with Crippen LogP contribution in [0, 0.1) is 11.6 Å². The molecule has 2 aromatic carbocycles. The zero-order valence-electron chi connectivity index (χ0n) is 15.6. The smallest absolute Gasteiger partial charge is 0.276 e. The van der Waals surface area contributed by atoms with Gasteiger partial charge in [0.15, 0.2) is 5.69 Å². The standard InChI is InChI=1S/C20H19F2N3O3/c1-4-28-18-9-8-12(27-3)10-13(18)17-11-16(24-25(17)2)20(26)23-19-14(21)6-5-7-15(19)22/h5-11H,4H2,1-3H3,(H,23,26). The van der Waals surface area contributed by atoms with Crippen LogP contribution in [-0.2, 0) is 7.05 Å². The van der Waals surface area contributed by atoms with Gasteiger partial charge in [0.1, 0.15) is 28.8 Å². The van der Waals surface area contributed by atoms with E-state index in [0.717, 1.165) is 12.1 Å². The highest BCUT2D eigenvalue weighted by molar-refractivity contribution is 6.03. The number of hydrogen-bond acceptors (Lipinski definition) is 4. The van der Waals surface area contributed by atoms with Crippen molar-refractivity contribution in [3.63, 3.8) is 0 Å². The van der Waals surface area contributed by atoms with Crippen molar-refractivity contribution < 1.29 is 23.0 Å². The van der Waals surface area contributed by atoms with Crippen molar-refractivity contribution in [1.82, 2.24) is 9.78 Å². The molecule has 0 radical (unpaired) electrons. The molecule has 3 aromatic rings. The maximum absolute atomic E-state index is 13.8. The van der Waals surface area contributed by atoms with Gasteiger partial charge in [-0.2, -0.15) is 5.10 Å². The van der Waals surface area contributed by atoms with Crippen molar-refractivity contribution in [3.8, 4) is 22.8 Å². The van der Waals surface area contributed by atoms with E-state index in [2.05, 4.69) is 10.4 Å². The van der Waals surface area contributed by atoms with E-state index in [1.807, 2.05) is 6.92 Å². The minimum atomic E-state index is -0.865. The molecule has 28 heavy (non-hydrogen) atoms. The first-order valence-electron chi connectivity index (χ1n) is 8.55. The maximum atomic E-state index is 13.8. The van der Waals surface area contributed by atoms with Crippen LogP contribution in [0.5, 0.6) is 11.5 Å². The molecule has 1 aromatic heterocycles. The van der Waals surface area contributed by atoms with Gasteiger partial charge in [0.05, 0.1) is 19.4 Å². The van der Waals surface area contributed by atoms with Crippen molar-refractivity contribution in [2.45, 2.75) is 6.92 Å². The molecule has 1 N–H and O–H groups in total. The van der Waals surface area contributed by atoms with Crippen LogP contribution in [0.15, 0.2) is 42.5 Å². The van der Waals surface area contributed by atoms with E-state index in [9.17, 15) is 13.6 Å². The lowest BCUT2D eigenvalue weighted by molar-refractivity contribution is 0.102. The predicted octanol–water partition coefficient (Wildman–Crippen LogP) is 4.02. The molecular weight excluding hydrogens is 368 g/mol. The summed E-state index contributed by atoms with van der Waals surface area (Å²) in [6.45, 7) is 2.32. The predicted molar refractivity (Wildman–Crippen MR) is 101 cm³/mol. The van der Waals surface area contributed by atoms with E-state index >= 15 is 0 Å². The Bertz CT molecular complexity index is 998. The third kappa shape index (κ3) is 3.80. The molecule has 1 heterocycles. The van der Waals surface area contributed by atoms with Gasteiger partial charge in [-0.3, -0.25) is 9.48 Å². The largest absolute Gasteiger partial charge is 0.497 e. The summed E-state index contributed by atoms with van der Waals surface area (Å²) in [6.07, 6.45) is 0. The molecule has 8 heteroatoms. The summed E-state index contributed by atoms with van der Waals surface area (Å²) in [4.78, 5) is 12.5. The fourth-order valence-electron chi connectivity index (χ4n) is 2.74. The number of carbonyl (C=O) groups excluding carboxylic acids is 1. The lowest BCUT2D eigenvalue weighted by Gasteiger charge is -2.11. The Labute approximate surface area is 160 Å². The molecule has 0 saturated carbocycles. The lowest BCUT2D eigenvalue weighted by atomic mass is 10.1. The number of benzene rings is 2. The van der Waals surface area contributed by atoms with Crippen molar-refractivity contribution in [3.05, 3.63) is 59.8 Å². The molecule has 0 saturated heterocycles. The number of rotatable bonds is 6. The summed E-state index contributed by atoms with van der Waals surface area (Å²) in [6, 6.07) is 10.2. The Morgan fingerprint density at radius 1 is 1.18 bits per heavy atom. The van der Waals surface area contributed by atoms with Gasteiger partial charge >= 0.3 is 0 Å². The Morgan fingerprint density at radius 3 is 2.54 bits per heavy atom. The summed E-state index contributed by atoms with van der Waals surface area (Å²) in [5.41, 5.74) is 0.746. The van der Waals surface area contributed by atoms with E-state index in [-0.39, 0.29) is 5.69 Å². The number of hydrogen-bond donors (Lipinski definition) is 1. The van der Waals surface area contributed by atoms with Crippen LogP contribution in [0.4, 0.5) is 14.5 Å². The number of ether oxygens (including phenoxy) is 2. The number of halogens is 2. The second kappa shape index (κ2) is 8.08. The molecule has 0 spiro atoms. The van der Waals surface area contributed by atoms with E-state index in [4.69, 9.17) is 9.47 Å². The monoisotopic (exact) mass is 387 g/mol. The van der Waals surface area contributed by atoms with Crippen molar-refractivity contribution >= 4 is 11.6 Å². The van der Waals surface area contributed by atoms with Gasteiger partial charge in [0.25, 0.3) is 5.91 Å². The topological polar surface area (TPSA) is 65.4 Å². The Hall–Kier alpha value is -3.42. The number of para-hydroxylation sites is 1. The van der Waals surface area contributed by atoms with Crippen LogP contribution in [0.2, 0.25) is 0 Å². The molecule has 0 aliphatic heterocycles. The number of aromatic nitrogens is 2. The third-order valence-electron chi connectivity index (χ3n) is 4.08. The van der Waals surface area contributed by atoms with E-state index < -0.39 is 23.2 Å². The molecule has 0 unspecified atom stereocenters. The fourth-order valence-corrected chi connectivity index (χ4v) is 2.74. The van der Waals surface area contributed by atoms with Crippen molar-refractivity contribution in [1.29, 1.82) is 0 Å². The van der Waals surface area contributed by atoms with Gasteiger partial charge in [0.2, 0.25) is 0 Å². The normalized spacial score (nSPS) is 10.6. The summed E-state index contributed by atoms with van der Waals surface area (Å²) >= 11 is 0. The Balaban J connectivity index is 1.96. The Kier molecular flexibility index (Phi) is 5.58. The van der Waals surface area contributed by atoms with Crippen LogP contribution in [0.1, 0.15) is 17.4 Å². The van der Waals surface area contributed by atoms with Gasteiger partial charge in [-0.15, -0.1) is 0 Å². The number of amides is 1. The van der Waals surface area contributed by atoms with Gasteiger partial charge in [0, 0.05) is 12.6 Å². The molecule has 146 valence electrons. The molecule has 0 bridgehead atoms. The average Bonchev–Trinajstić information content (AvgIpc) is 3.07. The molecule has 1 amide bonds. The van der Waals surface area contributed by atoms with E-state index in [1.54, 1.807) is 32.4 Å². The zero-order chi connectivity index (χ0) is 20.3. The lowest BCUT2D eigenvalue weighted by Crippen LogP contribution is -2.15. The number of anilines is 1. The fraction of sp³-hybridized carbons (Fsp3) is 0.200. The quantitative estimate of drug-likeness (QED) is 0.694. The van der Waals surface area contributed by atoms with Crippen LogP contribution in [-0.4, -0.2) is 29.4 Å². The van der Waals surface area contributed by atoms with Crippen LogP contribution < -0.4 is 14.8 Å². The minimum Gasteiger partial charge on any atom is -0.497 e. The average molecular weight is 387 g/mol. The van der Waals surface area contributed by atoms with Crippen LogP contribution in [0.3, 0.4) is 0 Å². The number of carbonyl (C=O) groups is 1. The highest BCUT2D eigenvalue weighted by Gasteiger charge is 2.19. The van der Waals surface area contributed by atoms with Crippen molar-refractivity contribution in [2.24, 2.45) is 7.05 Å². The number of aryl methyl sites for hydroxylation is 1. The highest BCUT2D eigenvalue weighted by atomic mass is 19.1. The summed E-state index contributed by atoms with van der Waals surface area (Å²) < 4.78 is 40.0. The first-order chi connectivity index (χ1) is 13.4. The summed E-state index contributed by atoms with van der Waals surface area (Å²) in [5, 5.41) is 6.39. The molecule has 0 fully saturated rings. The number of nitrogens with one attached hydrogen (secondary N) is 1. The van der Waals surface area contributed by atoms with E-state index in [0.29, 0.717) is 29.4 Å². The number of nitrogens with zero attached hydrogens (tertiary/aromatic N) is 2. The maximum Gasteiger partial charge on any atom is 0.276 e. The van der Waals surface area contributed by atoms with E-state index in [1.165, 1.54) is 16.8 Å². The SMILES string of the molecule is CCOc1ccc(OC)cc1-c1cc(C(=O)Nc2c(F)cccc2F)nn1C. The van der Waals surface area contributed by atoms with Crippen molar-refractivity contribution in [2.75, 3.05) is 19.0 Å². The second-order valence-electron chi connectivity index (χ2n) is 5.88. The highest BCUT2D eigenvalue weighted by Crippen LogP contribution is 2.34. The van der Waals surface area contributed by atoms with Gasteiger partial charge < -0.3 is 14.8 Å². The number of methoxy groups -OCH3 is 1. The molecule has 0 aliphatic carbocycles. The van der Waals surface area contributed by atoms with Gasteiger partial charge in [-0.25, -0.2) is 8.78 Å². The van der Waals surface area contributed by atoms with Gasteiger partial charge in [-0.1, -0.05) is 6.07 Å². The minimum absolute atomic E-state index is 0.00502. The molecular formula is C20H19F2N3O3. The summed E-state index contributed by atoms with van der Waals surface area (Å²) in [7, 11) is 3.20. The first-order valence-corrected chi connectivity index (χ1v) is 8.55. The first kappa shape index (κ1) is 19.3. The van der Waals surface area contributed by atoms with Gasteiger partial charge in [-0.05, 0) is 43.3 Å². The molecule has 0 aliphatic rings. The molecule has 3 rings (SSSR count). The molecule has 0 atom stereocenters. The summed E-state index contributed by atoms with van der Waals surface area (Å²) in [5.74, 6) is -1.25. The zero-order valence-corrected chi connectivity index (χ0v) is 15.6. The second-order valence-corrected chi connectivity index (χ2v) is 5.88. The van der Waals surface area contributed by atoms with Crippen LogP contribution >= 0.6 is 0 Å².